The number of carboxylic acid groups (broad SMARTS) is 1. The van der Waals surface area contributed by atoms with E-state index >= 15 is 0 Å². The highest BCUT2D eigenvalue weighted by Crippen LogP contribution is 2.24. The van der Waals surface area contributed by atoms with Crippen molar-refractivity contribution < 1.29 is 19.0 Å². The van der Waals surface area contributed by atoms with Gasteiger partial charge in [-0.15, -0.1) is 0 Å². The van der Waals surface area contributed by atoms with Gasteiger partial charge in [-0.25, -0.2) is 4.39 Å². The van der Waals surface area contributed by atoms with E-state index in [1.807, 2.05) is 0 Å². The molecule has 4 nitrogen and oxygen atoms in total. The number of hydrogen-bond acceptors (Lipinski definition) is 3. The molecule has 14 heavy (non-hydrogen) atoms. The standard InChI is InChI=1S/C9H10FNO3/c1-14-7-4-5(10)2-3-6(7)8(11)9(12)13/h2-4,8H,11H2,1H3,(H,12,13)/t8-/m0/s1. The van der Waals surface area contributed by atoms with Gasteiger partial charge in [0.15, 0.2) is 0 Å². The Hall–Kier alpha value is -1.62. The van der Waals surface area contributed by atoms with Crippen LogP contribution >= 0.6 is 0 Å². The van der Waals surface area contributed by atoms with Gasteiger partial charge in [-0.1, -0.05) is 6.07 Å². The molecular weight excluding hydrogens is 189 g/mol. The van der Waals surface area contributed by atoms with Crippen molar-refractivity contribution in [3.8, 4) is 5.75 Å². The van der Waals surface area contributed by atoms with Gasteiger partial charge in [0.25, 0.3) is 0 Å². The van der Waals surface area contributed by atoms with Crippen molar-refractivity contribution in [3.63, 3.8) is 0 Å². The molecule has 0 heterocycles. The van der Waals surface area contributed by atoms with E-state index in [-0.39, 0.29) is 11.3 Å². The Labute approximate surface area is 80.1 Å². The van der Waals surface area contributed by atoms with E-state index in [1.165, 1.54) is 13.2 Å². The average Bonchev–Trinajstić information content (AvgIpc) is 2.16. The minimum absolute atomic E-state index is 0.139. The van der Waals surface area contributed by atoms with Gasteiger partial charge in [0.2, 0.25) is 0 Å². The van der Waals surface area contributed by atoms with Crippen molar-refractivity contribution in [2.45, 2.75) is 6.04 Å². The van der Waals surface area contributed by atoms with Crippen molar-refractivity contribution in [1.29, 1.82) is 0 Å². The van der Waals surface area contributed by atoms with E-state index in [0.29, 0.717) is 0 Å². The van der Waals surface area contributed by atoms with Crippen LogP contribution in [0.2, 0.25) is 0 Å². The van der Waals surface area contributed by atoms with Crippen molar-refractivity contribution in [3.05, 3.63) is 29.6 Å². The largest absolute Gasteiger partial charge is 0.496 e. The van der Waals surface area contributed by atoms with Gasteiger partial charge < -0.3 is 15.6 Å². The van der Waals surface area contributed by atoms with Crippen LogP contribution in [-0.2, 0) is 4.79 Å². The Morgan fingerprint density at radius 1 is 1.64 bits per heavy atom. The van der Waals surface area contributed by atoms with E-state index in [4.69, 9.17) is 15.6 Å². The van der Waals surface area contributed by atoms with Crippen LogP contribution in [0, 0.1) is 5.82 Å². The van der Waals surface area contributed by atoms with Gasteiger partial charge in [-0.2, -0.15) is 0 Å². The first kappa shape index (κ1) is 10.5. The van der Waals surface area contributed by atoms with E-state index < -0.39 is 17.8 Å². The molecule has 5 heteroatoms. The summed E-state index contributed by atoms with van der Waals surface area (Å²) in [6.07, 6.45) is 0. The summed E-state index contributed by atoms with van der Waals surface area (Å²) in [4.78, 5) is 10.6. The summed E-state index contributed by atoms with van der Waals surface area (Å²) in [5.74, 6) is -1.54. The highest BCUT2D eigenvalue weighted by molar-refractivity contribution is 5.76. The first-order chi connectivity index (χ1) is 6.56. The van der Waals surface area contributed by atoms with Crippen LogP contribution in [0.3, 0.4) is 0 Å². The summed E-state index contributed by atoms with van der Waals surface area (Å²) in [6, 6.07) is 2.33. The summed E-state index contributed by atoms with van der Waals surface area (Å²) in [5.41, 5.74) is 5.61. The topological polar surface area (TPSA) is 72.5 Å². The zero-order valence-electron chi connectivity index (χ0n) is 7.53. The number of nitrogens with two attached hydrogens (primary N) is 1. The zero-order valence-corrected chi connectivity index (χ0v) is 7.53. The molecule has 0 saturated carbocycles. The second-order valence-corrected chi connectivity index (χ2v) is 2.70. The number of carboxylic acids is 1. The maximum atomic E-state index is 12.7. The van der Waals surface area contributed by atoms with Crippen LogP contribution in [0.1, 0.15) is 11.6 Å². The number of rotatable bonds is 3. The van der Waals surface area contributed by atoms with Gasteiger partial charge in [0.1, 0.15) is 17.6 Å². The smallest absolute Gasteiger partial charge is 0.325 e. The molecule has 0 spiro atoms. The summed E-state index contributed by atoms with van der Waals surface area (Å²) in [6.45, 7) is 0. The zero-order chi connectivity index (χ0) is 10.7. The molecule has 0 aliphatic carbocycles. The molecular formula is C9H10FNO3. The number of methoxy groups -OCH3 is 1. The lowest BCUT2D eigenvalue weighted by atomic mass is 10.1. The summed E-state index contributed by atoms with van der Waals surface area (Å²) >= 11 is 0. The minimum atomic E-state index is -1.20. The highest BCUT2D eigenvalue weighted by Gasteiger charge is 2.18. The molecule has 0 saturated heterocycles. The highest BCUT2D eigenvalue weighted by atomic mass is 19.1. The number of benzene rings is 1. The Morgan fingerprint density at radius 3 is 2.79 bits per heavy atom. The maximum absolute atomic E-state index is 12.7. The molecule has 0 radical (unpaired) electrons. The normalized spacial score (nSPS) is 12.2. The van der Waals surface area contributed by atoms with E-state index in [2.05, 4.69) is 0 Å². The fourth-order valence-electron chi connectivity index (χ4n) is 1.07. The summed E-state index contributed by atoms with van der Waals surface area (Å²) < 4.78 is 17.5. The first-order valence-electron chi connectivity index (χ1n) is 3.88. The molecule has 1 atom stereocenters. The summed E-state index contributed by atoms with van der Waals surface area (Å²) in [5, 5.41) is 8.65. The molecule has 76 valence electrons. The van der Waals surface area contributed by atoms with E-state index in [0.717, 1.165) is 12.1 Å². The third kappa shape index (κ3) is 2.00. The molecule has 1 aromatic carbocycles. The molecule has 0 aliphatic heterocycles. The first-order valence-corrected chi connectivity index (χ1v) is 3.88. The van der Waals surface area contributed by atoms with Crippen LogP contribution in [0.5, 0.6) is 5.75 Å². The summed E-state index contributed by atoms with van der Waals surface area (Å²) in [7, 11) is 1.33. The molecule has 1 rings (SSSR count). The third-order valence-electron chi connectivity index (χ3n) is 1.80. The molecule has 0 bridgehead atoms. The van der Waals surface area contributed by atoms with Crippen LogP contribution in [-0.4, -0.2) is 18.2 Å². The van der Waals surface area contributed by atoms with Gasteiger partial charge in [0, 0.05) is 11.6 Å². The fraction of sp³-hybridized carbons (Fsp3) is 0.222. The molecule has 0 unspecified atom stereocenters. The SMILES string of the molecule is COc1cc(F)ccc1[C@H](N)C(=O)O. The fourth-order valence-corrected chi connectivity index (χ4v) is 1.07. The molecule has 0 aliphatic rings. The van der Waals surface area contributed by atoms with Crippen LogP contribution < -0.4 is 10.5 Å². The van der Waals surface area contributed by atoms with E-state index in [1.54, 1.807) is 0 Å². The van der Waals surface area contributed by atoms with Crippen LogP contribution in [0.25, 0.3) is 0 Å². The van der Waals surface area contributed by atoms with Gasteiger partial charge in [-0.3, -0.25) is 4.79 Å². The maximum Gasteiger partial charge on any atom is 0.325 e. The molecule has 1 aromatic rings. The van der Waals surface area contributed by atoms with Crippen molar-refractivity contribution >= 4 is 5.97 Å². The number of aliphatic carboxylic acids is 1. The number of carbonyl (C=O) groups is 1. The second kappa shape index (κ2) is 4.06. The lowest BCUT2D eigenvalue weighted by molar-refractivity contribution is -0.138. The van der Waals surface area contributed by atoms with Gasteiger partial charge in [0.05, 0.1) is 7.11 Å². The van der Waals surface area contributed by atoms with Crippen LogP contribution in [0.15, 0.2) is 18.2 Å². The van der Waals surface area contributed by atoms with Crippen molar-refractivity contribution in [2.75, 3.05) is 7.11 Å². The Balaban J connectivity index is 3.13. The number of hydrogen-bond donors (Lipinski definition) is 2. The number of ether oxygens (including phenoxy) is 1. The van der Waals surface area contributed by atoms with Gasteiger partial charge in [-0.05, 0) is 6.07 Å². The molecule has 0 amide bonds. The molecule has 3 N–H and O–H groups in total. The number of halogens is 1. The van der Waals surface area contributed by atoms with Crippen LogP contribution in [0.4, 0.5) is 4.39 Å². The predicted molar refractivity (Wildman–Crippen MR) is 47.5 cm³/mol. The van der Waals surface area contributed by atoms with Gasteiger partial charge >= 0.3 is 5.97 Å². The average molecular weight is 199 g/mol. The van der Waals surface area contributed by atoms with Crippen molar-refractivity contribution in [1.82, 2.24) is 0 Å². The Kier molecular flexibility index (Phi) is 3.03. The third-order valence-corrected chi connectivity index (χ3v) is 1.80. The quantitative estimate of drug-likeness (QED) is 0.759. The second-order valence-electron chi connectivity index (χ2n) is 2.70. The molecule has 0 fully saturated rings. The predicted octanol–water partition coefficient (Wildman–Crippen LogP) is 0.919. The lowest BCUT2D eigenvalue weighted by Crippen LogP contribution is -2.21. The lowest BCUT2D eigenvalue weighted by Gasteiger charge is -2.11. The Morgan fingerprint density at radius 2 is 2.29 bits per heavy atom. The monoisotopic (exact) mass is 199 g/mol. The molecule has 0 aromatic heterocycles. The van der Waals surface area contributed by atoms with E-state index in [9.17, 15) is 9.18 Å². The minimum Gasteiger partial charge on any atom is -0.496 e. The van der Waals surface area contributed by atoms with Crippen molar-refractivity contribution in [2.24, 2.45) is 5.73 Å². The Bertz CT molecular complexity index is 354.